The molecule has 0 aromatic heterocycles. The Bertz CT molecular complexity index is 429. The smallest absolute Gasteiger partial charge is 0.303 e. The Morgan fingerprint density at radius 2 is 2.38 bits per heavy atom. The van der Waals surface area contributed by atoms with Crippen LogP contribution in [0.2, 0.25) is 5.02 Å². The van der Waals surface area contributed by atoms with Gasteiger partial charge in [-0.2, -0.15) is 0 Å². The Balaban J connectivity index is 2.41. The van der Waals surface area contributed by atoms with Crippen molar-refractivity contribution < 1.29 is 14.6 Å². The van der Waals surface area contributed by atoms with Gasteiger partial charge < -0.3 is 9.84 Å². The number of halogens is 1. The van der Waals surface area contributed by atoms with Crippen LogP contribution in [-0.2, 0) is 4.79 Å². The second-order valence-corrected chi connectivity index (χ2v) is 4.50. The van der Waals surface area contributed by atoms with Crippen LogP contribution in [0, 0.1) is 6.92 Å². The van der Waals surface area contributed by atoms with Crippen LogP contribution in [0.4, 0.5) is 0 Å². The summed E-state index contributed by atoms with van der Waals surface area (Å²) in [6, 6.07) is 3.80. The standard InChI is InChI=1S/C12H13ClO3/c1-7-4-9-8(6-11(14)15)2-3-16-12(9)10(13)5-7/h4-5,8H,2-3,6H2,1H3,(H,14,15). The van der Waals surface area contributed by atoms with E-state index in [1.165, 1.54) is 0 Å². The summed E-state index contributed by atoms with van der Waals surface area (Å²) >= 11 is 6.08. The van der Waals surface area contributed by atoms with Crippen LogP contribution in [0.3, 0.4) is 0 Å². The average molecular weight is 241 g/mol. The second-order valence-electron chi connectivity index (χ2n) is 4.10. The average Bonchev–Trinajstić information content (AvgIpc) is 2.18. The summed E-state index contributed by atoms with van der Waals surface area (Å²) in [6.45, 7) is 2.48. The number of aliphatic carboxylic acids is 1. The molecule has 0 amide bonds. The van der Waals surface area contributed by atoms with Gasteiger partial charge in [-0.05, 0) is 30.5 Å². The van der Waals surface area contributed by atoms with Gasteiger partial charge in [-0.15, -0.1) is 0 Å². The molecule has 0 saturated heterocycles. The zero-order valence-electron chi connectivity index (χ0n) is 9.00. The molecule has 0 aliphatic carbocycles. The van der Waals surface area contributed by atoms with Crippen molar-refractivity contribution in [3.8, 4) is 5.75 Å². The molecular weight excluding hydrogens is 228 g/mol. The van der Waals surface area contributed by atoms with Gasteiger partial charge in [0.1, 0.15) is 5.75 Å². The lowest BCUT2D eigenvalue weighted by atomic mass is 9.89. The highest BCUT2D eigenvalue weighted by Crippen LogP contribution is 2.41. The molecule has 1 atom stereocenters. The van der Waals surface area contributed by atoms with Gasteiger partial charge in [0.2, 0.25) is 0 Å². The number of rotatable bonds is 2. The van der Waals surface area contributed by atoms with E-state index in [4.69, 9.17) is 21.4 Å². The fraction of sp³-hybridized carbons (Fsp3) is 0.417. The maximum absolute atomic E-state index is 10.8. The van der Waals surface area contributed by atoms with Crippen molar-refractivity contribution >= 4 is 17.6 Å². The van der Waals surface area contributed by atoms with Crippen molar-refractivity contribution in [1.82, 2.24) is 0 Å². The van der Waals surface area contributed by atoms with Gasteiger partial charge in [0.15, 0.2) is 0 Å². The van der Waals surface area contributed by atoms with Gasteiger partial charge in [0, 0.05) is 5.92 Å². The molecule has 86 valence electrons. The first-order valence-electron chi connectivity index (χ1n) is 5.22. The minimum absolute atomic E-state index is 0.0126. The number of ether oxygens (including phenoxy) is 1. The predicted molar refractivity (Wildman–Crippen MR) is 61.3 cm³/mol. The van der Waals surface area contributed by atoms with E-state index >= 15 is 0 Å². The Kier molecular flexibility index (Phi) is 3.06. The third-order valence-corrected chi connectivity index (χ3v) is 3.07. The predicted octanol–water partition coefficient (Wildman–Crippen LogP) is 2.99. The van der Waals surface area contributed by atoms with Crippen LogP contribution < -0.4 is 4.74 Å². The van der Waals surface area contributed by atoms with E-state index < -0.39 is 5.97 Å². The maximum Gasteiger partial charge on any atom is 0.303 e. The number of benzene rings is 1. The van der Waals surface area contributed by atoms with Crippen LogP contribution in [0.25, 0.3) is 0 Å². The van der Waals surface area contributed by atoms with Gasteiger partial charge in [0.25, 0.3) is 0 Å². The molecule has 1 aromatic rings. The van der Waals surface area contributed by atoms with Crippen molar-refractivity contribution in [1.29, 1.82) is 0 Å². The molecule has 1 aromatic carbocycles. The molecule has 1 unspecified atom stereocenters. The number of fused-ring (bicyclic) bond motifs is 1. The summed E-state index contributed by atoms with van der Waals surface area (Å²) < 4.78 is 5.50. The van der Waals surface area contributed by atoms with Crippen molar-refractivity contribution in [2.24, 2.45) is 0 Å². The first kappa shape index (κ1) is 11.3. The zero-order chi connectivity index (χ0) is 11.7. The van der Waals surface area contributed by atoms with Gasteiger partial charge >= 0.3 is 5.97 Å². The van der Waals surface area contributed by atoms with Crippen molar-refractivity contribution in [2.75, 3.05) is 6.61 Å². The lowest BCUT2D eigenvalue weighted by Crippen LogP contribution is -2.17. The Labute approximate surface area is 99.0 Å². The normalized spacial score (nSPS) is 18.8. The largest absolute Gasteiger partial charge is 0.492 e. The fourth-order valence-electron chi connectivity index (χ4n) is 2.09. The van der Waals surface area contributed by atoms with E-state index in [0.717, 1.165) is 17.5 Å². The molecule has 1 heterocycles. The summed E-state index contributed by atoms with van der Waals surface area (Å²) in [4.78, 5) is 10.8. The van der Waals surface area contributed by atoms with Crippen LogP contribution in [0.15, 0.2) is 12.1 Å². The number of carboxylic acid groups (broad SMARTS) is 1. The van der Waals surface area contributed by atoms with Gasteiger partial charge in [0.05, 0.1) is 18.1 Å². The van der Waals surface area contributed by atoms with E-state index in [1.54, 1.807) is 0 Å². The molecule has 0 radical (unpaired) electrons. The Morgan fingerprint density at radius 3 is 3.06 bits per heavy atom. The van der Waals surface area contributed by atoms with Gasteiger partial charge in [-0.25, -0.2) is 0 Å². The minimum atomic E-state index is -0.782. The molecule has 0 fully saturated rings. The Morgan fingerprint density at radius 1 is 1.62 bits per heavy atom. The molecule has 4 heteroatoms. The minimum Gasteiger partial charge on any atom is -0.492 e. The van der Waals surface area contributed by atoms with E-state index in [9.17, 15) is 4.79 Å². The molecule has 2 rings (SSSR count). The van der Waals surface area contributed by atoms with Crippen molar-refractivity contribution in [2.45, 2.75) is 25.7 Å². The molecule has 1 aliphatic heterocycles. The topological polar surface area (TPSA) is 46.5 Å². The molecule has 3 nitrogen and oxygen atoms in total. The quantitative estimate of drug-likeness (QED) is 0.865. The summed E-state index contributed by atoms with van der Waals surface area (Å²) in [5, 5.41) is 9.43. The summed E-state index contributed by atoms with van der Waals surface area (Å²) in [7, 11) is 0. The SMILES string of the molecule is Cc1cc(Cl)c2c(c1)C(CC(=O)O)CCO2. The highest BCUT2D eigenvalue weighted by Gasteiger charge is 2.25. The second kappa shape index (κ2) is 4.34. The summed E-state index contributed by atoms with van der Waals surface area (Å²) in [5.74, 6) is -0.112. The third-order valence-electron chi connectivity index (χ3n) is 2.79. The van der Waals surface area contributed by atoms with E-state index in [-0.39, 0.29) is 12.3 Å². The lowest BCUT2D eigenvalue weighted by Gasteiger charge is -2.26. The highest BCUT2D eigenvalue weighted by molar-refractivity contribution is 6.32. The van der Waals surface area contributed by atoms with E-state index in [0.29, 0.717) is 17.4 Å². The monoisotopic (exact) mass is 240 g/mol. The number of carbonyl (C=O) groups is 1. The number of hydrogen-bond donors (Lipinski definition) is 1. The zero-order valence-corrected chi connectivity index (χ0v) is 9.75. The maximum atomic E-state index is 10.8. The number of hydrogen-bond acceptors (Lipinski definition) is 2. The summed E-state index contributed by atoms with van der Waals surface area (Å²) in [6.07, 6.45) is 0.870. The van der Waals surface area contributed by atoms with E-state index in [2.05, 4.69) is 0 Å². The fourth-order valence-corrected chi connectivity index (χ4v) is 2.43. The van der Waals surface area contributed by atoms with Gasteiger partial charge in [-0.1, -0.05) is 17.7 Å². The molecular formula is C12H13ClO3. The molecule has 1 N–H and O–H groups in total. The number of aryl methyl sites for hydroxylation is 1. The number of carboxylic acids is 1. The summed E-state index contributed by atoms with van der Waals surface area (Å²) in [5.41, 5.74) is 1.96. The lowest BCUT2D eigenvalue weighted by molar-refractivity contribution is -0.137. The van der Waals surface area contributed by atoms with Crippen LogP contribution in [0.5, 0.6) is 5.75 Å². The molecule has 1 aliphatic rings. The molecule has 16 heavy (non-hydrogen) atoms. The van der Waals surface area contributed by atoms with Crippen molar-refractivity contribution in [3.05, 3.63) is 28.3 Å². The van der Waals surface area contributed by atoms with Crippen LogP contribution in [-0.4, -0.2) is 17.7 Å². The van der Waals surface area contributed by atoms with Crippen molar-refractivity contribution in [3.63, 3.8) is 0 Å². The third kappa shape index (κ3) is 2.14. The van der Waals surface area contributed by atoms with Gasteiger partial charge in [-0.3, -0.25) is 4.79 Å². The van der Waals surface area contributed by atoms with Crippen LogP contribution >= 0.6 is 11.6 Å². The van der Waals surface area contributed by atoms with Crippen LogP contribution in [0.1, 0.15) is 29.9 Å². The molecule has 0 saturated carbocycles. The highest BCUT2D eigenvalue weighted by atomic mass is 35.5. The molecule has 0 spiro atoms. The Hall–Kier alpha value is -1.22. The van der Waals surface area contributed by atoms with E-state index in [1.807, 2.05) is 19.1 Å². The first-order chi connectivity index (χ1) is 7.58. The molecule has 0 bridgehead atoms. The first-order valence-corrected chi connectivity index (χ1v) is 5.60.